The normalized spacial score (nSPS) is 11.8. The van der Waals surface area contributed by atoms with Crippen molar-refractivity contribution in [3.05, 3.63) is 47.8 Å². The van der Waals surface area contributed by atoms with E-state index in [1.807, 2.05) is 0 Å². The van der Waals surface area contributed by atoms with Crippen LogP contribution >= 0.6 is 0 Å². The molecule has 2 amide bonds. The van der Waals surface area contributed by atoms with Gasteiger partial charge < -0.3 is 14.8 Å². The van der Waals surface area contributed by atoms with E-state index in [0.717, 1.165) is 18.2 Å². The number of nitrogens with one attached hydrogen (secondary N) is 3. The molecule has 180 valence electrons. The van der Waals surface area contributed by atoms with E-state index >= 15 is 0 Å². The second-order valence-electron chi connectivity index (χ2n) is 8.41. The summed E-state index contributed by atoms with van der Waals surface area (Å²) in [4.78, 5) is 24.7. The summed E-state index contributed by atoms with van der Waals surface area (Å²) in [6, 6.07) is 6.87. The van der Waals surface area contributed by atoms with Crippen molar-refractivity contribution in [1.82, 2.24) is 4.72 Å². The third-order valence-electron chi connectivity index (χ3n) is 3.97. The highest BCUT2D eigenvalue weighted by Gasteiger charge is 2.23. The van der Waals surface area contributed by atoms with Gasteiger partial charge in [0.05, 0.1) is 18.5 Å². The van der Waals surface area contributed by atoms with Gasteiger partial charge in [-0.1, -0.05) is 0 Å². The number of amides is 2. The number of benzene rings is 2. The lowest BCUT2D eigenvalue weighted by atomic mass is 10.2. The zero-order valence-electron chi connectivity index (χ0n) is 19.3. The number of anilines is 2. The number of methoxy groups -OCH3 is 1. The Morgan fingerprint density at radius 1 is 1.00 bits per heavy atom. The lowest BCUT2D eigenvalue weighted by molar-refractivity contribution is 0.0635. The van der Waals surface area contributed by atoms with Crippen LogP contribution in [0.2, 0.25) is 0 Å². The molecule has 0 aliphatic carbocycles. The second-order valence-corrected chi connectivity index (χ2v) is 10.1. The number of hydrogen-bond acceptors (Lipinski definition) is 6. The first kappa shape index (κ1) is 26.1. The van der Waals surface area contributed by atoms with Crippen molar-refractivity contribution in [2.24, 2.45) is 0 Å². The van der Waals surface area contributed by atoms with Crippen LogP contribution in [-0.2, 0) is 14.8 Å². The fourth-order valence-corrected chi connectivity index (χ4v) is 4.18. The average Bonchev–Trinajstić information content (AvgIpc) is 2.67. The van der Waals surface area contributed by atoms with Crippen LogP contribution in [0.4, 0.5) is 20.6 Å². The SMILES string of the molecule is COc1ccc(C(=O)Nc2cc(F)ccc2NC(=O)OC(C)(C)C)cc1S(=O)(=O)NC(C)C. The highest BCUT2D eigenvalue weighted by Crippen LogP contribution is 2.28. The lowest BCUT2D eigenvalue weighted by Crippen LogP contribution is -2.30. The molecule has 0 atom stereocenters. The summed E-state index contributed by atoms with van der Waals surface area (Å²) in [5, 5.41) is 4.95. The van der Waals surface area contributed by atoms with E-state index in [4.69, 9.17) is 9.47 Å². The Labute approximate surface area is 192 Å². The van der Waals surface area contributed by atoms with E-state index in [1.165, 1.54) is 25.3 Å². The first-order valence-corrected chi connectivity index (χ1v) is 11.5. The predicted molar refractivity (Wildman–Crippen MR) is 123 cm³/mol. The van der Waals surface area contributed by atoms with Crippen LogP contribution in [0.3, 0.4) is 0 Å². The first-order valence-electron chi connectivity index (χ1n) is 10.0. The van der Waals surface area contributed by atoms with Crippen LogP contribution in [0.25, 0.3) is 0 Å². The third kappa shape index (κ3) is 7.43. The smallest absolute Gasteiger partial charge is 0.412 e. The van der Waals surface area contributed by atoms with Crippen LogP contribution in [0, 0.1) is 5.82 Å². The summed E-state index contributed by atoms with van der Waals surface area (Å²) in [6.45, 7) is 8.36. The van der Waals surface area contributed by atoms with Gasteiger partial charge in [0.25, 0.3) is 5.91 Å². The molecule has 2 aromatic carbocycles. The quantitative estimate of drug-likeness (QED) is 0.547. The average molecular weight is 482 g/mol. The van der Waals surface area contributed by atoms with Gasteiger partial charge in [-0.05, 0) is 71.0 Å². The monoisotopic (exact) mass is 481 g/mol. The van der Waals surface area contributed by atoms with Crippen LogP contribution in [0.5, 0.6) is 5.75 Å². The molecule has 9 nitrogen and oxygen atoms in total. The number of ether oxygens (including phenoxy) is 2. The Morgan fingerprint density at radius 2 is 1.67 bits per heavy atom. The molecule has 33 heavy (non-hydrogen) atoms. The topological polar surface area (TPSA) is 123 Å². The van der Waals surface area contributed by atoms with Crippen LogP contribution in [-0.4, -0.2) is 39.2 Å². The van der Waals surface area contributed by atoms with E-state index < -0.39 is 33.4 Å². The number of carbonyl (C=O) groups is 2. The van der Waals surface area contributed by atoms with Crippen LogP contribution in [0.1, 0.15) is 45.0 Å². The zero-order chi connectivity index (χ0) is 25.0. The highest BCUT2D eigenvalue weighted by molar-refractivity contribution is 7.89. The van der Waals surface area contributed by atoms with Crippen molar-refractivity contribution in [3.63, 3.8) is 0 Å². The van der Waals surface area contributed by atoms with Gasteiger partial charge in [-0.15, -0.1) is 0 Å². The van der Waals surface area contributed by atoms with Gasteiger partial charge >= 0.3 is 6.09 Å². The van der Waals surface area contributed by atoms with Gasteiger partial charge in [0.1, 0.15) is 22.1 Å². The summed E-state index contributed by atoms with van der Waals surface area (Å²) >= 11 is 0. The molecule has 11 heteroatoms. The van der Waals surface area contributed by atoms with Gasteiger partial charge in [0, 0.05) is 11.6 Å². The van der Waals surface area contributed by atoms with Gasteiger partial charge in [0.2, 0.25) is 10.0 Å². The van der Waals surface area contributed by atoms with Crippen LogP contribution < -0.4 is 20.1 Å². The van der Waals surface area contributed by atoms with Crippen LogP contribution in [0.15, 0.2) is 41.3 Å². The molecular weight excluding hydrogens is 453 g/mol. The molecule has 0 bridgehead atoms. The standard InChI is InChI=1S/C22H28FN3O6S/c1-13(2)26-33(29,30)19-11-14(7-10-18(19)31-6)20(27)24-17-12-15(23)8-9-16(17)25-21(28)32-22(3,4)5/h7-13,26H,1-6H3,(H,24,27)(H,25,28). The largest absolute Gasteiger partial charge is 0.495 e. The molecular formula is C22H28FN3O6S. The van der Waals surface area contributed by atoms with Gasteiger partial charge in [-0.3, -0.25) is 10.1 Å². The van der Waals surface area contributed by atoms with Crippen molar-refractivity contribution in [3.8, 4) is 5.75 Å². The minimum absolute atomic E-state index is 0.0209. The van der Waals surface area contributed by atoms with Gasteiger partial charge in [0.15, 0.2) is 0 Å². The maximum atomic E-state index is 13.8. The Hall–Kier alpha value is -3.18. The molecule has 0 spiro atoms. The molecule has 0 radical (unpaired) electrons. The van der Waals surface area contributed by atoms with E-state index in [9.17, 15) is 22.4 Å². The van der Waals surface area contributed by atoms with E-state index in [-0.39, 0.29) is 33.6 Å². The third-order valence-corrected chi connectivity index (χ3v) is 5.65. The number of rotatable bonds is 7. The molecule has 0 aromatic heterocycles. The summed E-state index contributed by atoms with van der Waals surface area (Å²) < 4.78 is 51.9. The molecule has 0 aliphatic rings. The first-order chi connectivity index (χ1) is 15.2. The fraction of sp³-hybridized carbons (Fsp3) is 0.364. The molecule has 2 rings (SSSR count). The van der Waals surface area contributed by atoms with Gasteiger partial charge in [-0.2, -0.15) is 0 Å². The molecule has 2 aromatic rings. The fourth-order valence-electron chi connectivity index (χ4n) is 2.74. The minimum atomic E-state index is -3.97. The summed E-state index contributed by atoms with van der Waals surface area (Å²) in [5.74, 6) is -1.33. The minimum Gasteiger partial charge on any atom is -0.495 e. The summed E-state index contributed by atoms with van der Waals surface area (Å²) in [6.07, 6.45) is -0.790. The highest BCUT2D eigenvalue weighted by atomic mass is 32.2. The Balaban J connectivity index is 2.36. The Kier molecular flexibility index (Phi) is 8.04. The molecule has 0 fully saturated rings. The molecule has 0 saturated carbocycles. The Morgan fingerprint density at radius 3 is 2.24 bits per heavy atom. The Bertz CT molecular complexity index is 1140. The number of sulfonamides is 1. The van der Waals surface area contributed by atoms with E-state index in [2.05, 4.69) is 15.4 Å². The van der Waals surface area contributed by atoms with Crippen molar-refractivity contribution in [2.75, 3.05) is 17.7 Å². The number of halogens is 1. The summed E-state index contributed by atoms with van der Waals surface area (Å²) in [7, 11) is -2.66. The van der Waals surface area contributed by atoms with Crippen molar-refractivity contribution in [1.29, 1.82) is 0 Å². The predicted octanol–water partition coefficient (Wildman–Crippen LogP) is 4.12. The second kappa shape index (κ2) is 10.2. The molecule has 0 unspecified atom stereocenters. The van der Waals surface area contributed by atoms with Crippen molar-refractivity contribution < 1.29 is 31.9 Å². The van der Waals surface area contributed by atoms with Gasteiger partial charge in [-0.25, -0.2) is 22.3 Å². The number of hydrogen-bond donors (Lipinski definition) is 3. The molecule has 0 aliphatic heterocycles. The lowest BCUT2D eigenvalue weighted by Gasteiger charge is -2.20. The molecule has 0 saturated heterocycles. The van der Waals surface area contributed by atoms with E-state index in [0.29, 0.717) is 0 Å². The maximum Gasteiger partial charge on any atom is 0.412 e. The van der Waals surface area contributed by atoms with Crippen molar-refractivity contribution in [2.45, 2.75) is 51.2 Å². The number of carbonyl (C=O) groups excluding carboxylic acids is 2. The summed E-state index contributed by atoms with van der Waals surface area (Å²) in [5.41, 5.74) is -0.719. The van der Waals surface area contributed by atoms with E-state index in [1.54, 1.807) is 34.6 Å². The van der Waals surface area contributed by atoms with Crippen molar-refractivity contribution >= 4 is 33.4 Å². The zero-order valence-corrected chi connectivity index (χ0v) is 20.1. The molecule has 3 N–H and O–H groups in total. The molecule has 0 heterocycles. The maximum absolute atomic E-state index is 13.8.